The Balaban J connectivity index is 0. The van der Waals surface area contributed by atoms with Crippen molar-refractivity contribution in [1.29, 1.82) is 0 Å². The van der Waals surface area contributed by atoms with Crippen LogP contribution in [0.15, 0.2) is 37.1 Å². The fourth-order valence-corrected chi connectivity index (χ4v) is 0.422. The van der Waals surface area contributed by atoms with E-state index in [0.717, 1.165) is 5.06 Å². The summed E-state index contributed by atoms with van der Waals surface area (Å²) in [6, 6.07) is 0. The molecule has 0 fully saturated rings. The summed E-state index contributed by atoms with van der Waals surface area (Å²) in [5.74, 6) is 0. The normalized spacial score (nSPS) is 9.60. The Morgan fingerprint density at radius 3 is 2.10 bits per heavy atom. The van der Waals surface area contributed by atoms with Crippen molar-refractivity contribution in [3.8, 4) is 0 Å². The molecule has 0 aromatic rings. The zero-order valence-corrected chi connectivity index (χ0v) is 9.62. The maximum absolute atomic E-state index is 10.5. The fourth-order valence-electron chi connectivity index (χ4n) is 0.422. The van der Waals surface area contributed by atoms with Gasteiger partial charge >= 0.3 is 51.4 Å². The van der Waals surface area contributed by atoms with Crippen LogP contribution in [-0.4, -0.2) is 12.1 Å². The molecule has 0 aliphatic heterocycles. The van der Waals surface area contributed by atoms with Crippen molar-refractivity contribution in [1.82, 2.24) is 5.06 Å². The summed E-state index contributed by atoms with van der Waals surface area (Å²) in [6.07, 6.45) is 4.63. The van der Waals surface area contributed by atoms with E-state index in [2.05, 4.69) is 13.2 Å². The van der Waals surface area contributed by atoms with Crippen LogP contribution in [0.5, 0.6) is 0 Å². The first-order valence-corrected chi connectivity index (χ1v) is 2.58. The van der Waals surface area contributed by atoms with Gasteiger partial charge in [-0.1, -0.05) is 19.2 Å². The maximum atomic E-state index is 10.5. The van der Waals surface area contributed by atoms with Crippen LogP contribution < -0.4 is 51.4 Å². The summed E-state index contributed by atoms with van der Waals surface area (Å²) in [6.45, 7) is 6.88. The van der Waals surface area contributed by atoms with E-state index in [9.17, 15) is 5.21 Å². The molecule has 0 saturated carbocycles. The molecule has 0 aromatic heterocycles. The molecule has 0 aliphatic carbocycles. The first-order chi connectivity index (χ1) is 4.22. The van der Waals surface area contributed by atoms with Crippen molar-refractivity contribution in [2.24, 2.45) is 0 Å². The zero-order valence-electron chi connectivity index (χ0n) is 6.50. The summed E-state index contributed by atoms with van der Waals surface area (Å²) in [7, 11) is 1.41. The zero-order chi connectivity index (χ0) is 7.28. The Morgan fingerprint density at radius 2 is 2.00 bits per heavy atom. The minimum absolute atomic E-state index is 0. The van der Waals surface area contributed by atoms with Gasteiger partial charge in [-0.25, -0.2) is 0 Å². The van der Waals surface area contributed by atoms with E-state index < -0.39 is 0 Å². The largest absolute Gasteiger partial charge is 1.00 e. The quantitative estimate of drug-likeness (QED) is 0.293. The summed E-state index contributed by atoms with van der Waals surface area (Å²) >= 11 is 0. The summed E-state index contributed by atoms with van der Waals surface area (Å²) in [4.78, 5) is 0. The third kappa shape index (κ3) is 5.41. The van der Waals surface area contributed by atoms with Gasteiger partial charge in [0, 0.05) is 5.70 Å². The Morgan fingerprint density at radius 1 is 1.50 bits per heavy atom. The van der Waals surface area contributed by atoms with E-state index >= 15 is 0 Å². The molecular weight excluding hydrogens is 153 g/mol. The van der Waals surface area contributed by atoms with Gasteiger partial charge in [-0.05, 0) is 19.2 Å². The molecule has 0 N–H and O–H groups in total. The first-order valence-electron chi connectivity index (χ1n) is 2.58. The number of nitrogens with zero attached hydrogens (tertiary/aromatic N) is 1. The van der Waals surface area contributed by atoms with Gasteiger partial charge in [0.2, 0.25) is 0 Å². The van der Waals surface area contributed by atoms with E-state index in [1.165, 1.54) is 13.1 Å². The minimum Gasteiger partial charge on any atom is -0.758 e. The van der Waals surface area contributed by atoms with Crippen molar-refractivity contribution in [2.45, 2.75) is 0 Å². The molecule has 0 aliphatic rings. The number of rotatable bonds is 3. The molecule has 2 nitrogen and oxygen atoms in total. The van der Waals surface area contributed by atoms with Crippen LogP contribution in [0.4, 0.5) is 0 Å². The molecule has 0 amide bonds. The van der Waals surface area contributed by atoms with Gasteiger partial charge in [0.25, 0.3) is 0 Å². The van der Waals surface area contributed by atoms with Crippen molar-refractivity contribution in [3.05, 3.63) is 42.3 Å². The molecule has 0 atom stereocenters. The molecule has 0 radical (unpaired) electrons. The molecule has 0 rings (SSSR count). The van der Waals surface area contributed by atoms with Crippen molar-refractivity contribution < 1.29 is 51.4 Å². The number of likely N-dealkylation sites (N-methyl/N-ethyl adjacent to an activating group) is 1. The number of hydroxylamine groups is 2. The van der Waals surface area contributed by atoms with E-state index in [0.29, 0.717) is 5.70 Å². The predicted octanol–water partition coefficient (Wildman–Crippen LogP) is -1.32. The molecular formula is C7H10KNO. The van der Waals surface area contributed by atoms with Gasteiger partial charge in [0.15, 0.2) is 0 Å². The van der Waals surface area contributed by atoms with Crippen LogP contribution in [0.3, 0.4) is 0 Å². The van der Waals surface area contributed by atoms with E-state index in [4.69, 9.17) is 0 Å². The van der Waals surface area contributed by atoms with Crippen molar-refractivity contribution >= 4 is 0 Å². The predicted molar refractivity (Wildman–Crippen MR) is 39.6 cm³/mol. The monoisotopic (exact) mass is 163 g/mol. The van der Waals surface area contributed by atoms with Crippen LogP contribution in [0, 0.1) is 5.21 Å². The SMILES string of the molecule is C=C/C=C(\C=C)N(C)[O-].[K+]. The molecule has 0 unspecified atom stereocenters. The van der Waals surface area contributed by atoms with Gasteiger partial charge < -0.3 is 10.3 Å². The molecule has 50 valence electrons. The van der Waals surface area contributed by atoms with E-state index in [-0.39, 0.29) is 51.4 Å². The first kappa shape index (κ1) is 13.2. The van der Waals surface area contributed by atoms with E-state index in [1.807, 2.05) is 0 Å². The summed E-state index contributed by atoms with van der Waals surface area (Å²) < 4.78 is 0. The average molecular weight is 163 g/mol. The third-order valence-electron chi connectivity index (χ3n) is 0.861. The second-order valence-electron chi connectivity index (χ2n) is 1.53. The summed E-state index contributed by atoms with van der Waals surface area (Å²) in [5, 5.41) is 11.2. The van der Waals surface area contributed by atoms with Gasteiger partial charge in [0.05, 0.1) is 0 Å². The van der Waals surface area contributed by atoms with Crippen LogP contribution in [0.25, 0.3) is 0 Å². The number of allylic oxidation sites excluding steroid dienone is 3. The van der Waals surface area contributed by atoms with Crippen LogP contribution in [0.2, 0.25) is 0 Å². The molecule has 0 spiro atoms. The topological polar surface area (TPSA) is 26.3 Å². The van der Waals surface area contributed by atoms with Crippen molar-refractivity contribution in [3.63, 3.8) is 0 Å². The standard InChI is InChI=1S/C7H10NO.K/c1-4-6-7(5-2)8(3)9;/h4-6H,1-2H2,3H3;/q-1;+1/b7-6+;. The molecule has 0 aromatic carbocycles. The summed E-state index contributed by atoms with van der Waals surface area (Å²) in [5.41, 5.74) is 0.519. The van der Waals surface area contributed by atoms with Crippen LogP contribution in [0.1, 0.15) is 0 Å². The maximum Gasteiger partial charge on any atom is 1.00 e. The van der Waals surface area contributed by atoms with Gasteiger partial charge in [-0.2, -0.15) is 0 Å². The second kappa shape index (κ2) is 7.72. The Labute approximate surface area is 104 Å². The van der Waals surface area contributed by atoms with E-state index in [1.54, 1.807) is 12.2 Å². The minimum atomic E-state index is 0. The Kier molecular flexibility index (Phi) is 10.2. The molecule has 0 bridgehead atoms. The van der Waals surface area contributed by atoms with Crippen molar-refractivity contribution in [2.75, 3.05) is 7.05 Å². The number of hydrogen-bond donors (Lipinski definition) is 0. The second-order valence-corrected chi connectivity index (χ2v) is 1.53. The molecule has 0 saturated heterocycles. The third-order valence-corrected chi connectivity index (χ3v) is 0.861. The van der Waals surface area contributed by atoms with Crippen LogP contribution in [-0.2, 0) is 0 Å². The Hall–Kier alpha value is 0.616. The van der Waals surface area contributed by atoms with Gasteiger partial charge in [-0.3, -0.25) is 0 Å². The van der Waals surface area contributed by atoms with Gasteiger partial charge in [0.1, 0.15) is 0 Å². The van der Waals surface area contributed by atoms with Gasteiger partial charge in [-0.15, -0.1) is 0 Å². The molecule has 0 heterocycles. The molecule has 10 heavy (non-hydrogen) atoms. The fraction of sp³-hybridized carbons (Fsp3) is 0.143. The smallest absolute Gasteiger partial charge is 0.758 e. The Bertz CT molecular complexity index is 141. The molecule has 3 heteroatoms. The van der Waals surface area contributed by atoms with Crippen LogP contribution >= 0.6 is 0 Å². The number of hydrogen-bond acceptors (Lipinski definition) is 2. The average Bonchev–Trinajstić information content (AvgIpc) is 1.82.